The molecule has 0 aromatic rings. The summed E-state index contributed by atoms with van der Waals surface area (Å²) in [7, 11) is 0. The molecule has 27 heavy (non-hydrogen) atoms. The van der Waals surface area contributed by atoms with Gasteiger partial charge in [-0.2, -0.15) is 0 Å². The SMILES string of the molecule is CCCCCCCCCCCCCCCCCCC(=CC(=O)O)C(=O)O.[NaH]. The Bertz CT molecular complexity index is 394. The Morgan fingerprint density at radius 2 is 0.963 bits per heavy atom. The fourth-order valence-corrected chi connectivity index (χ4v) is 3.25. The van der Waals surface area contributed by atoms with E-state index in [0.717, 1.165) is 25.3 Å². The summed E-state index contributed by atoms with van der Waals surface area (Å²) in [5, 5.41) is 17.5. The van der Waals surface area contributed by atoms with Crippen molar-refractivity contribution in [3.05, 3.63) is 11.6 Å². The molecular formula is C22H41NaO4. The number of rotatable bonds is 19. The number of unbranched alkanes of at least 4 members (excludes halogenated alkanes) is 15. The predicted molar refractivity (Wildman–Crippen MR) is 115 cm³/mol. The molecule has 0 radical (unpaired) electrons. The van der Waals surface area contributed by atoms with Gasteiger partial charge in [-0.15, -0.1) is 0 Å². The molecule has 0 aromatic heterocycles. The molecule has 0 fully saturated rings. The standard InChI is InChI=1S/C22H40O4.Na.H/c1-2-3-4-5-6-7-8-9-10-11-12-13-14-15-16-17-18-20(22(25)26)19-21(23)24;;/h19H,2-18H2,1H3,(H,23,24)(H,25,26);;. The quantitative estimate of drug-likeness (QED) is 0.159. The number of hydrogen-bond acceptors (Lipinski definition) is 2. The van der Waals surface area contributed by atoms with Gasteiger partial charge >= 0.3 is 41.5 Å². The molecule has 0 aromatic carbocycles. The Morgan fingerprint density at radius 3 is 1.26 bits per heavy atom. The Kier molecular flexibility index (Phi) is 23.5. The van der Waals surface area contributed by atoms with E-state index in [1.54, 1.807) is 0 Å². The number of carboxylic acid groups (broad SMARTS) is 2. The maximum atomic E-state index is 10.9. The average molecular weight is 393 g/mol. The van der Waals surface area contributed by atoms with Gasteiger partial charge in [-0.25, -0.2) is 9.59 Å². The minimum atomic E-state index is -1.18. The van der Waals surface area contributed by atoms with Crippen LogP contribution in [0.25, 0.3) is 0 Å². The van der Waals surface area contributed by atoms with E-state index in [-0.39, 0.29) is 35.1 Å². The van der Waals surface area contributed by atoms with Crippen molar-refractivity contribution in [3.8, 4) is 0 Å². The molecule has 0 atom stereocenters. The van der Waals surface area contributed by atoms with E-state index in [0.29, 0.717) is 6.42 Å². The fraction of sp³-hybridized carbons (Fsp3) is 0.818. The second-order valence-corrected chi connectivity index (χ2v) is 7.37. The molecule has 0 unspecified atom stereocenters. The van der Waals surface area contributed by atoms with Crippen LogP contribution in [-0.4, -0.2) is 51.7 Å². The monoisotopic (exact) mass is 392 g/mol. The summed E-state index contributed by atoms with van der Waals surface area (Å²) < 4.78 is 0. The molecule has 0 saturated carbocycles. The van der Waals surface area contributed by atoms with Gasteiger partial charge in [-0.1, -0.05) is 103 Å². The second-order valence-electron chi connectivity index (χ2n) is 7.37. The van der Waals surface area contributed by atoms with Crippen molar-refractivity contribution in [2.75, 3.05) is 0 Å². The van der Waals surface area contributed by atoms with Gasteiger partial charge in [0.25, 0.3) is 0 Å². The van der Waals surface area contributed by atoms with Gasteiger partial charge < -0.3 is 10.2 Å². The first kappa shape index (κ1) is 28.9. The van der Waals surface area contributed by atoms with Gasteiger partial charge in [0.1, 0.15) is 0 Å². The van der Waals surface area contributed by atoms with Crippen molar-refractivity contribution in [2.45, 2.75) is 116 Å². The van der Waals surface area contributed by atoms with Crippen LogP contribution in [-0.2, 0) is 9.59 Å². The van der Waals surface area contributed by atoms with Crippen molar-refractivity contribution < 1.29 is 19.8 Å². The molecule has 4 nitrogen and oxygen atoms in total. The molecule has 154 valence electrons. The summed E-state index contributed by atoms with van der Waals surface area (Å²) in [5.74, 6) is -2.30. The van der Waals surface area contributed by atoms with Crippen molar-refractivity contribution in [1.29, 1.82) is 0 Å². The van der Waals surface area contributed by atoms with Crippen LogP contribution in [0.1, 0.15) is 116 Å². The summed E-state index contributed by atoms with van der Waals surface area (Å²) in [6, 6.07) is 0. The Labute approximate surface area is 188 Å². The van der Waals surface area contributed by atoms with Crippen LogP contribution < -0.4 is 0 Å². The first-order chi connectivity index (χ1) is 12.6. The van der Waals surface area contributed by atoms with Gasteiger partial charge in [0, 0.05) is 11.6 Å². The first-order valence-corrected chi connectivity index (χ1v) is 10.7. The number of hydrogen-bond donors (Lipinski definition) is 2. The van der Waals surface area contributed by atoms with Crippen LogP contribution in [0.3, 0.4) is 0 Å². The van der Waals surface area contributed by atoms with E-state index in [1.807, 2.05) is 0 Å². The third kappa shape index (κ3) is 21.8. The molecule has 0 bridgehead atoms. The zero-order valence-corrected chi connectivity index (χ0v) is 16.8. The van der Waals surface area contributed by atoms with E-state index in [4.69, 9.17) is 10.2 Å². The molecule has 5 heteroatoms. The Morgan fingerprint density at radius 1 is 0.630 bits per heavy atom. The van der Waals surface area contributed by atoms with Gasteiger partial charge in [-0.05, 0) is 12.8 Å². The number of carboxylic acids is 2. The molecular weight excluding hydrogens is 351 g/mol. The topological polar surface area (TPSA) is 74.6 Å². The van der Waals surface area contributed by atoms with Crippen molar-refractivity contribution in [3.63, 3.8) is 0 Å². The zero-order valence-electron chi connectivity index (χ0n) is 16.8. The van der Waals surface area contributed by atoms with Crippen molar-refractivity contribution in [1.82, 2.24) is 0 Å². The van der Waals surface area contributed by atoms with E-state index in [9.17, 15) is 9.59 Å². The van der Waals surface area contributed by atoms with Gasteiger partial charge in [-0.3, -0.25) is 0 Å². The molecule has 0 amide bonds. The summed E-state index contributed by atoms with van der Waals surface area (Å²) in [4.78, 5) is 21.4. The predicted octanol–water partition coefficient (Wildman–Crippen LogP) is 6.09. The molecule has 0 rings (SSSR count). The molecule has 0 aliphatic carbocycles. The fourth-order valence-electron chi connectivity index (χ4n) is 3.25. The van der Waals surface area contributed by atoms with Crippen LogP contribution in [0.15, 0.2) is 11.6 Å². The van der Waals surface area contributed by atoms with Crippen molar-refractivity contribution >= 4 is 41.5 Å². The molecule has 0 aliphatic heterocycles. The van der Waals surface area contributed by atoms with Crippen molar-refractivity contribution in [2.24, 2.45) is 0 Å². The Hall–Kier alpha value is -0.320. The van der Waals surface area contributed by atoms with Crippen LogP contribution >= 0.6 is 0 Å². The summed E-state index contributed by atoms with van der Waals surface area (Å²) in [6.45, 7) is 2.26. The summed E-state index contributed by atoms with van der Waals surface area (Å²) >= 11 is 0. The van der Waals surface area contributed by atoms with Crippen LogP contribution in [0.4, 0.5) is 0 Å². The zero-order chi connectivity index (χ0) is 19.5. The Balaban J connectivity index is 0. The third-order valence-corrected chi connectivity index (χ3v) is 4.87. The first-order valence-electron chi connectivity index (χ1n) is 10.7. The maximum absolute atomic E-state index is 10.9. The molecule has 0 saturated heterocycles. The van der Waals surface area contributed by atoms with Gasteiger partial charge in [0.05, 0.1) is 0 Å². The minimum absolute atomic E-state index is 0. The normalized spacial score (nSPS) is 11.2. The van der Waals surface area contributed by atoms with E-state index >= 15 is 0 Å². The third-order valence-electron chi connectivity index (χ3n) is 4.87. The summed E-state index contributed by atoms with van der Waals surface area (Å²) in [5.41, 5.74) is 0.00265. The molecule has 0 heterocycles. The number of carbonyl (C=O) groups is 2. The average Bonchev–Trinajstić information content (AvgIpc) is 2.59. The number of aliphatic carboxylic acids is 2. The molecule has 2 N–H and O–H groups in total. The van der Waals surface area contributed by atoms with Gasteiger partial charge in [0.2, 0.25) is 0 Å². The van der Waals surface area contributed by atoms with Crippen LogP contribution in [0.5, 0.6) is 0 Å². The van der Waals surface area contributed by atoms with Gasteiger partial charge in [0.15, 0.2) is 0 Å². The summed E-state index contributed by atoms with van der Waals surface area (Å²) in [6.07, 6.45) is 21.6. The van der Waals surface area contributed by atoms with Crippen LogP contribution in [0, 0.1) is 0 Å². The van der Waals surface area contributed by atoms with E-state index in [1.165, 1.54) is 83.5 Å². The molecule has 0 aliphatic rings. The molecule has 0 spiro atoms. The van der Waals surface area contributed by atoms with Crippen LogP contribution in [0.2, 0.25) is 0 Å². The van der Waals surface area contributed by atoms with E-state index < -0.39 is 11.9 Å². The second kappa shape index (κ2) is 22.0. The van der Waals surface area contributed by atoms with E-state index in [2.05, 4.69) is 6.92 Å².